The summed E-state index contributed by atoms with van der Waals surface area (Å²) in [6.07, 6.45) is 0.662. The maximum Gasteiger partial charge on any atom is 0.183 e. The van der Waals surface area contributed by atoms with Crippen molar-refractivity contribution < 1.29 is 9.74 Å². The lowest BCUT2D eigenvalue weighted by molar-refractivity contribution is 0.295. The molecule has 1 aromatic rings. The number of aliphatic hydroxyl groups is 1. The van der Waals surface area contributed by atoms with Gasteiger partial charge >= 0.3 is 0 Å². The molecule has 0 unspecified atom stereocenters. The average molecular weight is 202 g/mol. The van der Waals surface area contributed by atoms with Crippen molar-refractivity contribution in [1.82, 2.24) is 10.3 Å². The second-order valence-electron chi connectivity index (χ2n) is 2.26. The van der Waals surface area contributed by atoms with Crippen LogP contribution in [0.2, 0.25) is 0 Å². The number of nitrogens with one attached hydrogen (secondary N) is 1. The SMILES string of the molecule is N=C(N)c1nonc1SCCCO. The first kappa shape index (κ1) is 10.0. The molecule has 1 rings (SSSR count). The largest absolute Gasteiger partial charge is 0.396 e. The summed E-state index contributed by atoms with van der Waals surface area (Å²) < 4.78 is 4.43. The van der Waals surface area contributed by atoms with Crippen LogP contribution in [0.4, 0.5) is 0 Å². The standard InChI is InChI=1S/C6H10N4O2S/c7-5(8)4-6(10-12-9-4)13-3-1-2-11/h11H,1-3H2,(H3,7,8). The third-order valence-corrected chi connectivity index (χ3v) is 2.29. The molecule has 4 N–H and O–H groups in total. The summed E-state index contributed by atoms with van der Waals surface area (Å²) >= 11 is 1.36. The van der Waals surface area contributed by atoms with Crippen molar-refractivity contribution in [3.8, 4) is 0 Å². The van der Waals surface area contributed by atoms with Crippen LogP contribution in [-0.4, -0.2) is 33.6 Å². The van der Waals surface area contributed by atoms with E-state index in [9.17, 15) is 0 Å². The van der Waals surface area contributed by atoms with Crippen LogP contribution in [0.1, 0.15) is 12.1 Å². The van der Waals surface area contributed by atoms with Gasteiger partial charge in [0.1, 0.15) is 5.84 Å². The highest BCUT2D eigenvalue weighted by atomic mass is 32.2. The van der Waals surface area contributed by atoms with E-state index in [1.165, 1.54) is 11.8 Å². The molecule has 0 atom stereocenters. The van der Waals surface area contributed by atoms with Gasteiger partial charge in [-0.15, -0.1) is 11.8 Å². The normalized spacial score (nSPS) is 10.2. The lowest BCUT2D eigenvalue weighted by atomic mass is 10.4. The van der Waals surface area contributed by atoms with E-state index in [0.29, 0.717) is 17.2 Å². The highest BCUT2D eigenvalue weighted by Crippen LogP contribution is 2.18. The monoisotopic (exact) mass is 202 g/mol. The van der Waals surface area contributed by atoms with Gasteiger partial charge in [-0.3, -0.25) is 5.41 Å². The van der Waals surface area contributed by atoms with Gasteiger partial charge in [0, 0.05) is 12.4 Å². The predicted molar refractivity (Wildman–Crippen MR) is 47.7 cm³/mol. The fourth-order valence-electron chi connectivity index (χ4n) is 0.673. The number of nitrogens with zero attached hydrogens (tertiary/aromatic N) is 2. The fourth-order valence-corrected chi connectivity index (χ4v) is 1.51. The Kier molecular flexibility index (Phi) is 3.71. The molecule has 72 valence electrons. The van der Waals surface area contributed by atoms with Crippen LogP contribution >= 0.6 is 11.8 Å². The third kappa shape index (κ3) is 2.71. The van der Waals surface area contributed by atoms with Gasteiger partial charge in [-0.2, -0.15) is 0 Å². The van der Waals surface area contributed by atoms with Crippen LogP contribution in [0.15, 0.2) is 9.65 Å². The molecular weight excluding hydrogens is 192 g/mol. The van der Waals surface area contributed by atoms with E-state index >= 15 is 0 Å². The zero-order chi connectivity index (χ0) is 9.68. The average Bonchev–Trinajstić information content (AvgIpc) is 2.53. The summed E-state index contributed by atoms with van der Waals surface area (Å²) in [4.78, 5) is 0. The smallest absolute Gasteiger partial charge is 0.183 e. The molecule has 0 aromatic carbocycles. The molecule has 7 heteroatoms. The van der Waals surface area contributed by atoms with Gasteiger partial charge in [0.05, 0.1) is 0 Å². The second-order valence-corrected chi connectivity index (χ2v) is 3.34. The maximum atomic E-state index is 8.53. The minimum atomic E-state index is -0.159. The van der Waals surface area contributed by atoms with Crippen molar-refractivity contribution in [2.75, 3.05) is 12.4 Å². The summed E-state index contributed by atoms with van der Waals surface area (Å²) in [6, 6.07) is 0. The predicted octanol–water partition coefficient (Wildman–Crippen LogP) is -0.172. The third-order valence-electron chi connectivity index (χ3n) is 1.25. The Hall–Kier alpha value is -1.08. The summed E-state index contributed by atoms with van der Waals surface area (Å²) in [5, 5.41) is 23.2. The number of rotatable bonds is 5. The van der Waals surface area contributed by atoms with Gasteiger partial charge in [-0.1, -0.05) is 0 Å². The van der Waals surface area contributed by atoms with Gasteiger partial charge < -0.3 is 10.8 Å². The molecule has 0 spiro atoms. The topological polar surface area (TPSA) is 109 Å². The van der Waals surface area contributed by atoms with E-state index in [2.05, 4.69) is 14.9 Å². The number of hydrogen-bond acceptors (Lipinski definition) is 6. The van der Waals surface area contributed by atoms with Crippen LogP contribution in [0.25, 0.3) is 0 Å². The van der Waals surface area contributed by atoms with Crippen LogP contribution in [0.3, 0.4) is 0 Å². The van der Waals surface area contributed by atoms with Gasteiger partial charge in [-0.25, -0.2) is 4.63 Å². The van der Waals surface area contributed by atoms with Crippen molar-refractivity contribution in [2.45, 2.75) is 11.4 Å². The molecule has 6 nitrogen and oxygen atoms in total. The molecule has 1 aromatic heterocycles. The zero-order valence-corrected chi connectivity index (χ0v) is 7.67. The number of hydrogen-bond donors (Lipinski definition) is 3. The van der Waals surface area contributed by atoms with E-state index in [0.717, 1.165) is 0 Å². The van der Waals surface area contributed by atoms with Crippen LogP contribution < -0.4 is 5.73 Å². The Morgan fingerprint density at radius 1 is 1.62 bits per heavy atom. The first-order valence-electron chi connectivity index (χ1n) is 3.66. The summed E-state index contributed by atoms with van der Waals surface area (Å²) in [6.45, 7) is 0.133. The molecule has 0 saturated carbocycles. The Morgan fingerprint density at radius 3 is 3.00 bits per heavy atom. The van der Waals surface area contributed by atoms with Gasteiger partial charge in [-0.05, 0) is 16.7 Å². The number of aliphatic hydroxyl groups excluding tert-OH is 1. The minimum absolute atomic E-state index is 0.133. The Balaban J connectivity index is 2.55. The van der Waals surface area contributed by atoms with Crippen LogP contribution in [-0.2, 0) is 0 Å². The molecule has 1 heterocycles. The molecule has 0 aliphatic carbocycles. The van der Waals surface area contributed by atoms with Gasteiger partial charge in [0.2, 0.25) is 0 Å². The van der Waals surface area contributed by atoms with Crippen molar-refractivity contribution in [3.63, 3.8) is 0 Å². The molecule has 0 saturated heterocycles. The quantitative estimate of drug-likeness (QED) is 0.265. The van der Waals surface area contributed by atoms with Crippen molar-refractivity contribution in [3.05, 3.63) is 5.69 Å². The molecule has 0 aliphatic heterocycles. The Bertz CT molecular complexity index is 288. The van der Waals surface area contributed by atoms with E-state index < -0.39 is 0 Å². The first-order chi connectivity index (χ1) is 6.25. The lowest BCUT2D eigenvalue weighted by Crippen LogP contribution is -2.12. The molecule has 0 fully saturated rings. The second kappa shape index (κ2) is 4.83. The number of nitrogens with two attached hydrogens (primary N) is 1. The fraction of sp³-hybridized carbons (Fsp3) is 0.500. The van der Waals surface area contributed by atoms with E-state index in [1.54, 1.807) is 0 Å². The first-order valence-corrected chi connectivity index (χ1v) is 4.65. The molecular formula is C6H10N4O2S. The lowest BCUT2D eigenvalue weighted by Gasteiger charge is -1.95. The minimum Gasteiger partial charge on any atom is -0.396 e. The number of thioether (sulfide) groups is 1. The molecule has 0 radical (unpaired) electrons. The number of aromatic nitrogens is 2. The summed E-state index contributed by atoms with van der Waals surface area (Å²) in [5.41, 5.74) is 5.49. The van der Waals surface area contributed by atoms with E-state index in [4.69, 9.17) is 16.2 Å². The van der Waals surface area contributed by atoms with Crippen LogP contribution in [0, 0.1) is 5.41 Å². The Morgan fingerprint density at radius 2 is 2.38 bits per heavy atom. The molecule has 0 aliphatic rings. The van der Waals surface area contributed by atoms with Crippen molar-refractivity contribution in [2.24, 2.45) is 5.73 Å². The number of amidine groups is 1. The molecule has 13 heavy (non-hydrogen) atoms. The zero-order valence-electron chi connectivity index (χ0n) is 6.86. The summed E-state index contributed by atoms with van der Waals surface area (Å²) in [5.74, 6) is 0.540. The highest BCUT2D eigenvalue weighted by Gasteiger charge is 2.12. The Labute approximate surface area is 79.0 Å². The van der Waals surface area contributed by atoms with Crippen LogP contribution in [0.5, 0.6) is 0 Å². The summed E-state index contributed by atoms with van der Waals surface area (Å²) in [7, 11) is 0. The van der Waals surface area contributed by atoms with Crippen molar-refractivity contribution >= 4 is 17.6 Å². The van der Waals surface area contributed by atoms with Gasteiger partial charge in [0.15, 0.2) is 10.7 Å². The molecule has 0 bridgehead atoms. The molecule has 0 amide bonds. The number of nitrogen functional groups attached to an aromatic ring is 1. The van der Waals surface area contributed by atoms with Crippen molar-refractivity contribution in [1.29, 1.82) is 5.41 Å². The highest BCUT2D eigenvalue weighted by molar-refractivity contribution is 7.99. The van der Waals surface area contributed by atoms with Gasteiger partial charge in [0.25, 0.3) is 0 Å². The van der Waals surface area contributed by atoms with E-state index in [-0.39, 0.29) is 18.1 Å². The van der Waals surface area contributed by atoms with E-state index in [1.807, 2.05) is 0 Å². The maximum absolute atomic E-state index is 8.53.